The highest BCUT2D eigenvalue weighted by Crippen LogP contribution is 2.43. The minimum absolute atomic E-state index is 0.142. The lowest BCUT2D eigenvalue weighted by molar-refractivity contribution is -0.134. The predicted molar refractivity (Wildman–Crippen MR) is 85.0 cm³/mol. The summed E-state index contributed by atoms with van der Waals surface area (Å²) in [7, 11) is 0. The molecule has 3 heteroatoms. The first-order valence-corrected chi connectivity index (χ1v) is 8.17. The maximum absolute atomic E-state index is 12.8. The molecule has 1 amide bonds. The van der Waals surface area contributed by atoms with Gasteiger partial charge in [0.25, 0.3) is 0 Å². The SMILES string of the molecule is Cc1ccc(CNC(=O)[C@@]23CCCC[C@H]2CNC3)c(C)c1. The molecule has 1 saturated carbocycles. The first-order chi connectivity index (χ1) is 10.1. The second-order valence-electron chi connectivity index (χ2n) is 6.84. The highest BCUT2D eigenvalue weighted by molar-refractivity contribution is 5.83. The number of nitrogens with one attached hydrogen (secondary N) is 2. The third-order valence-corrected chi connectivity index (χ3v) is 5.43. The van der Waals surface area contributed by atoms with Crippen molar-refractivity contribution in [2.45, 2.75) is 46.1 Å². The Balaban J connectivity index is 1.68. The summed E-state index contributed by atoms with van der Waals surface area (Å²) in [6.07, 6.45) is 4.71. The van der Waals surface area contributed by atoms with Crippen LogP contribution in [0.3, 0.4) is 0 Å². The minimum Gasteiger partial charge on any atom is -0.351 e. The van der Waals surface area contributed by atoms with Gasteiger partial charge in [-0.2, -0.15) is 0 Å². The third kappa shape index (κ3) is 2.71. The molecule has 1 saturated heterocycles. The summed E-state index contributed by atoms with van der Waals surface area (Å²) >= 11 is 0. The van der Waals surface area contributed by atoms with Crippen LogP contribution in [0.5, 0.6) is 0 Å². The summed E-state index contributed by atoms with van der Waals surface area (Å²) in [5, 5.41) is 6.65. The molecule has 2 N–H and O–H groups in total. The summed E-state index contributed by atoms with van der Waals surface area (Å²) in [6, 6.07) is 6.43. The van der Waals surface area contributed by atoms with Crippen LogP contribution in [0.4, 0.5) is 0 Å². The van der Waals surface area contributed by atoms with Gasteiger partial charge in [-0.3, -0.25) is 4.79 Å². The molecule has 3 rings (SSSR count). The Morgan fingerprint density at radius 1 is 1.38 bits per heavy atom. The molecule has 3 nitrogen and oxygen atoms in total. The fourth-order valence-electron chi connectivity index (χ4n) is 4.09. The van der Waals surface area contributed by atoms with Gasteiger partial charge in [0, 0.05) is 13.1 Å². The van der Waals surface area contributed by atoms with E-state index in [-0.39, 0.29) is 11.3 Å². The number of aryl methyl sites for hydroxylation is 2. The van der Waals surface area contributed by atoms with Crippen LogP contribution in [0.1, 0.15) is 42.4 Å². The summed E-state index contributed by atoms with van der Waals surface area (Å²) in [4.78, 5) is 12.8. The van der Waals surface area contributed by atoms with E-state index in [9.17, 15) is 4.79 Å². The van der Waals surface area contributed by atoms with Gasteiger partial charge in [-0.15, -0.1) is 0 Å². The van der Waals surface area contributed by atoms with Crippen LogP contribution < -0.4 is 10.6 Å². The number of amides is 1. The Hall–Kier alpha value is -1.35. The lowest BCUT2D eigenvalue weighted by Gasteiger charge is -2.37. The van der Waals surface area contributed by atoms with Crippen molar-refractivity contribution in [2.24, 2.45) is 11.3 Å². The average molecular weight is 286 g/mol. The van der Waals surface area contributed by atoms with Crippen molar-refractivity contribution >= 4 is 5.91 Å². The zero-order valence-electron chi connectivity index (χ0n) is 13.2. The van der Waals surface area contributed by atoms with Gasteiger partial charge in [0.1, 0.15) is 0 Å². The molecule has 1 aromatic rings. The molecular weight excluding hydrogens is 260 g/mol. The average Bonchev–Trinajstić information content (AvgIpc) is 2.91. The number of benzene rings is 1. The molecular formula is C18H26N2O. The van der Waals surface area contributed by atoms with Crippen LogP contribution in [0.15, 0.2) is 18.2 Å². The van der Waals surface area contributed by atoms with Gasteiger partial charge in [0.05, 0.1) is 5.41 Å². The highest BCUT2D eigenvalue weighted by Gasteiger charge is 2.49. The smallest absolute Gasteiger partial charge is 0.228 e. The van der Waals surface area contributed by atoms with Crippen molar-refractivity contribution in [2.75, 3.05) is 13.1 Å². The topological polar surface area (TPSA) is 41.1 Å². The zero-order valence-corrected chi connectivity index (χ0v) is 13.2. The van der Waals surface area contributed by atoms with Crippen molar-refractivity contribution < 1.29 is 4.79 Å². The van der Waals surface area contributed by atoms with Gasteiger partial charge >= 0.3 is 0 Å². The molecule has 21 heavy (non-hydrogen) atoms. The van der Waals surface area contributed by atoms with Crippen LogP contribution in [0, 0.1) is 25.2 Å². The molecule has 1 heterocycles. The van der Waals surface area contributed by atoms with Gasteiger partial charge < -0.3 is 10.6 Å². The first-order valence-electron chi connectivity index (χ1n) is 8.17. The van der Waals surface area contributed by atoms with Crippen molar-refractivity contribution in [3.8, 4) is 0 Å². The van der Waals surface area contributed by atoms with Gasteiger partial charge in [0.15, 0.2) is 0 Å². The van der Waals surface area contributed by atoms with Crippen LogP contribution >= 0.6 is 0 Å². The van der Waals surface area contributed by atoms with Crippen molar-refractivity contribution in [1.29, 1.82) is 0 Å². The Bertz CT molecular complexity index is 540. The van der Waals surface area contributed by atoms with Gasteiger partial charge in [-0.1, -0.05) is 36.6 Å². The van der Waals surface area contributed by atoms with E-state index < -0.39 is 0 Å². The lowest BCUT2D eigenvalue weighted by Crippen LogP contribution is -2.47. The van der Waals surface area contributed by atoms with Crippen molar-refractivity contribution in [3.05, 3.63) is 34.9 Å². The van der Waals surface area contributed by atoms with Crippen molar-refractivity contribution in [3.63, 3.8) is 0 Å². The number of hydrogen-bond acceptors (Lipinski definition) is 2. The van der Waals surface area contributed by atoms with Crippen LogP contribution in [-0.4, -0.2) is 19.0 Å². The predicted octanol–water partition coefficient (Wildman–Crippen LogP) is 2.70. The van der Waals surface area contributed by atoms with Crippen molar-refractivity contribution in [1.82, 2.24) is 10.6 Å². The van der Waals surface area contributed by atoms with E-state index in [4.69, 9.17) is 0 Å². The monoisotopic (exact) mass is 286 g/mol. The van der Waals surface area contributed by atoms with Gasteiger partial charge in [-0.05, 0) is 50.3 Å². The summed E-state index contributed by atoms with van der Waals surface area (Å²) in [6.45, 7) is 6.74. The molecule has 2 atom stereocenters. The van der Waals surface area contributed by atoms with Crippen LogP contribution in [-0.2, 0) is 11.3 Å². The number of carbonyl (C=O) groups excluding carboxylic acids is 1. The fourth-order valence-corrected chi connectivity index (χ4v) is 4.09. The summed E-state index contributed by atoms with van der Waals surface area (Å²) in [5.41, 5.74) is 3.62. The third-order valence-electron chi connectivity index (χ3n) is 5.43. The largest absolute Gasteiger partial charge is 0.351 e. The lowest BCUT2D eigenvalue weighted by atomic mass is 9.67. The Morgan fingerprint density at radius 2 is 2.24 bits per heavy atom. The first kappa shape index (κ1) is 14.6. The highest BCUT2D eigenvalue weighted by atomic mass is 16.2. The molecule has 2 fully saturated rings. The number of carbonyl (C=O) groups is 1. The Labute approximate surface area is 127 Å². The maximum atomic E-state index is 12.8. The number of fused-ring (bicyclic) bond motifs is 1. The molecule has 0 unspecified atom stereocenters. The van der Waals surface area contributed by atoms with E-state index in [1.807, 2.05) is 0 Å². The van der Waals surface area contributed by atoms with E-state index in [0.717, 1.165) is 19.5 Å². The quantitative estimate of drug-likeness (QED) is 0.897. The van der Waals surface area contributed by atoms with Gasteiger partial charge in [-0.25, -0.2) is 0 Å². The molecule has 0 spiro atoms. The van der Waals surface area contributed by atoms with E-state index in [2.05, 4.69) is 42.7 Å². The molecule has 1 aromatic carbocycles. The molecule has 1 aliphatic carbocycles. The van der Waals surface area contributed by atoms with Crippen LogP contribution in [0.25, 0.3) is 0 Å². The second kappa shape index (κ2) is 5.80. The molecule has 0 radical (unpaired) electrons. The molecule has 0 bridgehead atoms. The standard InChI is InChI=1S/C18H26N2O/c1-13-6-7-15(14(2)9-13)10-20-17(21)18-8-4-3-5-16(18)11-19-12-18/h6-7,9,16,19H,3-5,8,10-12H2,1-2H3,(H,20,21)/t16-,18+/m0/s1. The summed E-state index contributed by atoms with van der Waals surface area (Å²) < 4.78 is 0. The number of hydrogen-bond donors (Lipinski definition) is 2. The van der Waals surface area contributed by atoms with Gasteiger partial charge in [0.2, 0.25) is 5.91 Å². The Morgan fingerprint density at radius 3 is 3.05 bits per heavy atom. The second-order valence-corrected chi connectivity index (χ2v) is 6.84. The normalized spacial score (nSPS) is 28.2. The maximum Gasteiger partial charge on any atom is 0.228 e. The molecule has 0 aromatic heterocycles. The minimum atomic E-state index is -0.142. The van der Waals surface area contributed by atoms with E-state index >= 15 is 0 Å². The van der Waals surface area contributed by atoms with Crippen LogP contribution in [0.2, 0.25) is 0 Å². The number of rotatable bonds is 3. The fraction of sp³-hybridized carbons (Fsp3) is 0.611. The zero-order chi connectivity index (χ0) is 14.9. The van der Waals surface area contributed by atoms with E-state index in [1.54, 1.807) is 0 Å². The van der Waals surface area contributed by atoms with E-state index in [1.165, 1.54) is 36.0 Å². The molecule has 2 aliphatic rings. The molecule has 114 valence electrons. The molecule has 1 aliphatic heterocycles. The van der Waals surface area contributed by atoms with E-state index in [0.29, 0.717) is 12.5 Å². The summed E-state index contributed by atoms with van der Waals surface area (Å²) in [5.74, 6) is 0.794. The Kier molecular flexibility index (Phi) is 4.03.